The molecule has 1 heterocycles. The molecule has 2 rings (SSSR count). The molecule has 0 saturated heterocycles. The third-order valence-corrected chi connectivity index (χ3v) is 3.01. The Morgan fingerprint density at radius 3 is 2.44 bits per heavy atom. The van der Waals surface area contributed by atoms with Crippen LogP contribution >= 0.6 is 11.6 Å². The fourth-order valence-electron chi connectivity index (χ4n) is 1.67. The van der Waals surface area contributed by atoms with Gasteiger partial charge < -0.3 is 5.11 Å². The summed E-state index contributed by atoms with van der Waals surface area (Å²) >= 11 is 5.93. The maximum Gasteiger partial charge on any atom is 0.141 e. The number of halogens is 3. The van der Waals surface area contributed by atoms with Gasteiger partial charge in [-0.05, 0) is 37.3 Å². The first kappa shape index (κ1) is 12.9. The fourth-order valence-corrected chi connectivity index (χ4v) is 1.97. The van der Waals surface area contributed by atoms with Crippen molar-refractivity contribution in [3.05, 3.63) is 64.4 Å². The summed E-state index contributed by atoms with van der Waals surface area (Å²) in [4.78, 5) is 3.79. The van der Waals surface area contributed by atoms with Crippen LogP contribution in [0.1, 0.15) is 18.2 Å². The van der Waals surface area contributed by atoms with Crippen molar-refractivity contribution in [1.82, 2.24) is 4.98 Å². The van der Waals surface area contributed by atoms with Crippen LogP contribution in [0.4, 0.5) is 8.78 Å². The van der Waals surface area contributed by atoms with Crippen LogP contribution in [0.5, 0.6) is 0 Å². The first-order valence-corrected chi connectivity index (χ1v) is 5.59. The second-order valence-corrected chi connectivity index (χ2v) is 4.47. The van der Waals surface area contributed by atoms with Gasteiger partial charge in [0.2, 0.25) is 0 Å². The van der Waals surface area contributed by atoms with Gasteiger partial charge in [0.15, 0.2) is 0 Å². The zero-order chi connectivity index (χ0) is 13.3. The summed E-state index contributed by atoms with van der Waals surface area (Å²) in [5.41, 5.74) is -1.22. The molecule has 1 unspecified atom stereocenters. The smallest absolute Gasteiger partial charge is 0.141 e. The molecule has 18 heavy (non-hydrogen) atoms. The molecule has 1 N–H and O–H groups in total. The second-order valence-electron chi connectivity index (χ2n) is 4.06. The summed E-state index contributed by atoms with van der Waals surface area (Å²) in [7, 11) is 0. The van der Waals surface area contributed by atoms with Gasteiger partial charge in [0.1, 0.15) is 17.2 Å². The molecule has 1 aromatic carbocycles. The van der Waals surface area contributed by atoms with Gasteiger partial charge in [-0.25, -0.2) is 8.78 Å². The summed E-state index contributed by atoms with van der Waals surface area (Å²) in [5, 5.41) is 10.6. The molecule has 0 spiro atoms. The monoisotopic (exact) mass is 269 g/mol. The predicted molar refractivity (Wildman–Crippen MR) is 64.3 cm³/mol. The number of rotatable bonds is 2. The minimum Gasteiger partial charge on any atom is -0.379 e. The van der Waals surface area contributed by atoms with Gasteiger partial charge in [-0.15, -0.1) is 0 Å². The minimum absolute atomic E-state index is 0.184. The van der Waals surface area contributed by atoms with Gasteiger partial charge in [-0.1, -0.05) is 11.6 Å². The molecule has 0 aliphatic carbocycles. The molecule has 2 aromatic rings. The number of hydrogen-bond acceptors (Lipinski definition) is 2. The Morgan fingerprint density at radius 1 is 1.17 bits per heavy atom. The lowest BCUT2D eigenvalue weighted by Crippen LogP contribution is -2.25. The van der Waals surface area contributed by atoms with Crippen LogP contribution in [0.15, 0.2) is 36.5 Å². The highest BCUT2D eigenvalue weighted by Gasteiger charge is 2.30. The summed E-state index contributed by atoms with van der Waals surface area (Å²) in [6.07, 6.45) is 0.983. The number of benzene rings is 1. The summed E-state index contributed by atoms with van der Waals surface area (Å²) < 4.78 is 26.0. The topological polar surface area (TPSA) is 33.1 Å². The lowest BCUT2D eigenvalue weighted by Gasteiger charge is -2.24. The van der Waals surface area contributed by atoms with Crippen molar-refractivity contribution in [2.24, 2.45) is 0 Å². The summed E-state index contributed by atoms with van der Waals surface area (Å²) in [5.74, 6) is -1.03. The maximum atomic E-state index is 13.2. The van der Waals surface area contributed by atoms with Crippen LogP contribution < -0.4 is 0 Å². The van der Waals surface area contributed by atoms with Crippen LogP contribution in [-0.2, 0) is 5.60 Å². The van der Waals surface area contributed by atoms with E-state index in [1.807, 2.05) is 0 Å². The van der Waals surface area contributed by atoms with Gasteiger partial charge in [-0.3, -0.25) is 4.98 Å². The Morgan fingerprint density at radius 2 is 1.83 bits per heavy atom. The van der Waals surface area contributed by atoms with E-state index in [9.17, 15) is 13.9 Å². The molecule has 0 radical (unpaired) electrons. The van der Waals surface area contributed by atoms with E-state index in [0.717, 1.165) is 12.3 Å². The molecule has 0 fully saturated rings. The first-order valence-electron chi connectivity index (χ1n) is 5.21. The molecule has 5 heteroatoms. The highest BCUT2D eigenvalue weighted by atomic mass is 35.5. The van der Waals surface area contributed by atoms with Crippen molar-refractivity contribution < 1.29 is 13.9 Å². The Kier molecular flexibility index (Phi) is 3.32. The van der Waals surface area contributed by atoms with Gasteiger partial charge >= 0.3 is 0 Å². The van der Waals surface area contributed by atoms with E-state index in [-0.39, 0.29) is 16.3 Å². The normalized spacial score (nSPS) is 14.3. The lowest BCUT2D eigenvalue weighted by atomic mass is 9.92. The third-order valence-electron chi connectivity index (χ3n) is 2.68. The largest absolute Gasteiger partial charge is 0.379 e. The number of aromatic nitrogens is 1. The standard InChI is InChI=1S/C13H10ClF2NO/c1-13(18,12-5-3-9(16)7-17-12)10-6-8(15)2-4-11(10)14/h2-7,18H,1H3. The van der Waals surface area contributed by atoms with Crippen LogP contribution in [0.2, 0.25) is 5.02 Å². The SMILES string of the molecule is CC(O)(c1ccc(F)cn1)c1cc(F)ccc1Cl. The quantitative estimate of drug-likeness (QED) is 0.908. The fraction of sp³-hybridized carbons (Fsp3) is 0.154. The maximum absolute atomic E-state index is 13.2. The minimum atomic E-state index is -1.59. The predicted octanol–water partition coefficient (Wildman–Crippen LogP) is 3.27. The average molecular weight is 270 g/mol. The Hall–Kier alpha value is -1.52. The van der Waals surface area contributed by atoms with Crippen LogP contribution in [0.3, 0.4) is 0 Å². The highest BCUT2D eigenvalue weighted by Crippen LogP contribution is 2.33. The summed E-state index contributed by atoms with van der Waals surface area (Å²) in [6, 6.07) is 6.18. The van der Waals surface area contributed by atoms with Crippen molar-refractivity contribution in [1.29, 1.82) is 0 Å². The Balaban J connectivity index is 2.53. The van der Waals surface area contributed by atoms with Crippen molar-refractivity contribution in [3.8, 4) is 0 Å². The molecule has 1 atom stereocenters. The Labute approximate surface area is 108 Å². The van der Waals surface area contributed by atoms with Gasteiger partial charge in [0.25, 0.3) is 0 Å². The Bertz CT molecular complexity index is 570. The zero-order valence-corrected chi connectivity index (χ0v) is 10.2. The van der Waals surface area contributed by atoms with E-state index in [0.29, 0.717) is 0 Å². The molecule has 0 aliphatic rings. The molecule has 0 aliphatic heterocycles. The number of pyridine rings is 1. The van der Waals surface area contributed by atoms with E-state index in [1.54, 1.807) is 0 Å². The highest BCUT2D eigenvalue weighted by molar-refractivity contribution is 6.31. The van der Waals surface area contributed by atoms with Gasteiger partial charge in [0.05, 0.1) is 11.9 Å². The average Bonchev–Trinajstić information content (AvgIpc) is 2.32. The van der Waals surface area contributed by atoms with Crippen LogP contribution in [0.25, 0.3) is 0 Å². The number of hydrogen-bond donors (Lipinski definition) is 1. The van der Waals surface area contributed by atoms with Crippen molar-refractivity contribution in [2.75, 3.05) is 0 Å². The molecular formula is C13H10ClF2NO. The first-order chi connectivity index (χ1) is 8.41. The molecular weight excluding hydrogens is 260 g/mol. The molecule has 2 nitrogen and oxygen atoms in total. The molecule has 1 aromatic heterocycles. The van der Waals surface area contributed by atoms with Gasteiger partial charge in [0, 0.05) is 10.6 Å². The van der Waals surface area contributed by atoms with Crippen molar-refractivity contribution in [2.45, 2.75) is 12.5 Å². The van der Waals surface area contributed by atoms with E-state index < -0.39 is 17.2 Å². The molecule has 94 valence electrons. The molecule has 0 amide bonds. The van der Waals surface area contributed by atoms with Crippen molar-refractivity contribution in [3.63, 3.8) is 0 Å². The lowest BCUT2D eigenvalue weighted by molar-refractivity contribution is 0.0970. The van der Waals surface area contributed by atoms with Crippen LogP contribution in [-0.4, -0.2) is 10.1 Å². The van der Waals surface area contributed by atoms with Crippen molar-refractivity contribution >= 4 is 11.6 Å². The molecule has 0 saturated carbocycles. The van der Waals surface area contributed by atoms with E-state index >= 15 is 0 Å². The molecule has 0 bridgehead atoms. The zero-order valence-electron chi connectivity index (χ0n) is 9.49. The van der Waals surface area contributed by atoms with E-state index in [1.165, 1.54) is 31.2 Å². The van der Waals surface area contributed by atoms with Crippen LogP contribution in [0, 0.1) is 11.6 Å². The van der Waals surface area contributed by atoms with E-state index in [2.05, 4.69) is 4.98 Å². The number of aliphatic hydroxyl groups is 1. The second kappa shape index (κ2) is 4.63. The number of nitrogens with zero attached hydrogens (tertiary/aromatic N) is 1. The third kappa shape index (κ3) is 2.35. The van der Waals surface area contributed by atoms with E-state index in [4.69, 9.17) is 11.6 Å². The summed E-state index contributed by atoms with van der Waals surface area (Å²) in [6.45, 7) is 1.42. The van der Waals surface area contributed by atoms with Gasteiger partial charge in [-0.2, -0.15) is 0 Å².